The summed E-state index contributed by atoms with van der Waals surface area (Å²) in [5.74, 6) is -0.847. The molecule has 2 amide bonds. The molecule has 1 aromatic heterocycles. The van der Waals surface area contributed by atoms with E-state index in [-0.39, 0.29) is 18.0 Å². The SMILES string of the molecule is NC(=O)[C@@H]1CC(C(=O)NCc2ccccn2)=NN1c1ccccc1. The van der Waals surface area contributed by atoms with Crippen molar-refractivity contribution < 1.29 is 9.59 Å². The number of nitrogens with two attached hydrogens (primary N) is 1. The van der Waals surface area contributed by atoms with Gasteiger partial charge in [0.1, 0.15) is 11.8 Å². The largest absolute Gasteiger partial charge is 0.368 e. The van der Waals surface area contributed by atoms with Crippen molar-refractivity contribution >= 4 is 23.2 Å². The highest BCUT2D eigenvalue weighted by atomic mass is 16.2. The highest BCUT2D eigenvalue weighted by Gasteiger charge is 2.34. The molecule has 24 heavy (non-hydrogen) atoms. The number of carbonyl (C=O) groups excluding carboxylic acids is 2. The first kappa shape index (κ1) is 15.7. The van der Waals surface area contributed by atoms with E-state index in [2.05, 4.69) is 15.4 Å². The van der Waals surface area contributed by atoms with Crippen molar-refractivity contribution in [2.45, 2.75) is 19.0 Å². The van der Waals surface area contributed by atoms with Crippen LogP contribution in [-0.2, 0) is 16.1 Å². The Labute approximate surface area is 139 Å². The number of rotatable bonds is 5. The first-order chi connectivity index (χ1) is 11.6. The average Bonchev–Trinajstić information content (AvgIpc) is 3.07. The van der Waals surface area contributed by atoms with Crippen molar-refractivity contribution in [3.05, 3.63) is 60.4 Å². The van der Waals surface area contributed by atoms with Crippen molar-refractivity contribution in [1.82, 2.24) is 10.3 Å². The number of carbonyl (C=O) groups is 2. The second-order valence-electron chi connectivity index (χ2n) is 5.35. The zero-order chi connectivity index (χ0) is 16.9. The number of anilines is 1. The molecule has 0 fully saturated rings. The molecule has 0 spiro atoms. The van der Waals surface area contributed by atoms with Crippen LogP contribution in [0.25, 0.3) is 0 Å². The molecule has 3 N–H and O–H groups in total. The summed E-state index contributed by atoms with van der Waals surface area (Å²) in [7, 11) is 0. The van der Waals surface area contributed by atoms with Crippen molar-refractivity contribution in [3.8, 4) is 0 Å². The summed E-state index contributed by atoms with van der Waals surface area (Å²) in [4.78, 5) is 28.2. The lowest BCUT2D eigenvalue weighted by Crippen LogP contribution is -2.39. The van der Waals surface area contributed by atoms with Crippen molar-refractivity contribution in [1.29, 1.82) is 0 Å². The van der Waals surface area contributed by atoms with Crippen LogP contribution in [0.1, 0.15) is 12.1 Å². The van der Waals surface area contributed by atoms with Crippen LogP contribution >= 0.6 is 0 Å². The van der Waals surface area contributed by atoms with E-state index in [9.17, 15) is 9.59 Å². The number of benzene rings is 1. The normalized spacial score (nSPS) is 16.6. The quantitative estimate of drug-likeness (QED) is 0.850. The Morgan fingerprint density at radius 2 is 1.92 bits per heavy atom. The summed E-state index contributed by atoms with van der Waals surface area (Å²) >= 11 is 0. The Morgan fingerprint density at radius 3 is 2.58 bits per heavy atom. The lowest BCUT2D eigenvalue weighted by molar-refractivity contribution is -0.119. The van der Waals surface area contributed by atoms with Gasteiger partial charge < -0.3 is 11.1 Å². The highest BCUT2D eigenvalue weighted by molar-refractivity contribution is 6.40. The molecule has 7 nitrogen and oxygen atoms in total. The number of hydrazone groups is 1. The van der Waals surface area contributed by atoms with Gasteiger partial charge in [0.15, 0.2) is 0 Å². The summed E-state index contributed by atoms with van der Waals surface area (Å²) in [5.41, 5.74) is 7.20. The highest BCUT2D eigenvalue weighted by Crippen LogP contribution is 2.24. The zero-order valence-corrected chi connectivity index (χ0v) is 12.9. The smallest absolute Gasteiger partial charge is 0.267 e. The molecule has 0 saturated heterocycles. The predicted molar refractivity (Wildman–Crippen MR) is 90.0 cm³/mol. The van der Waals surface area contributed by atoms with Gasteiger partial charge in [-0.1, -0.05) is 24.3 Å². The Balaban J connectivity index is 1.73. The van der Waals surface area contributed by atoms with Gasteiger partial charge in [-0.25, -0.2) is 0 Å². The summed E-state index contributed by atoms with van der Waals surface area (Å²) in [6.45, 7) is 0.297. The number of nitrogens with one attached hydrogen (secondary N) is 1. The van der Waals surface area contributed by atoms with Gasteiger partial charge in [0.2, 0.25) is 5.91 Å². The molecule has 122 valence electrons. The molecule has 0 bridgehead atoms. The van der Waals surface area contributed by atoms with E-state index in [1.165, 1.54) is 5.01 Å². The van der Waals surface area contributed by atoms with Crippen molar-refractivity contribution in [2.24, 2.45) is 10.8 Å². The fourth-order valence-electron chi connectivity index (χ4n) is 2.46. The molecule has 1 aromatic carbocycles. The molecule has 2 aromatic rings. The number of primary amides is 1. The molecule has 0 saturated carbocycles. The molecule has 0 aliphatic carbocycles. The standard InChI is InChI=1S/C17H17N5O2/c18-16(23)15-10-14(21-22(15)13-7-2-1-3-8-13)17(24)20-11-12-6-4-5-9-19-12/h1-9,15H,10-11H2,(H2,18,23)(H,20,24)/t15-/m0/s1. The lowest BCUT2D eigenvalue weighted by Gasteiger charge is -2.20. The van der Waals surface area contributed by atoms with E-state index in [4.69, 9.17) is 5.73 Å². The maximum Gasteiger partial charge on any atom is 0.267 e. The average molecular weight is 323 g/mol. The number of aromatic nitrogens is 1. The summed E-state index contributed by atoms with van der Waals surface area (Å²) in [6.07, 6.45) is 1.84. The van der Waals surface area contributed by atoms with Gasteiger partial charge in [-0.15, -0.1) is 0 Å². The molecule has 3 rings (SSSR count). The Bertz CT molecular complexity index is 761. The molecular weight excluding hydrogens is 306 g/mol. The Morgan fingerprint density at radius 1 is 1.17 bits per heavy atom. The Kier molecular flexibility index (Phi) is 4.51. The topological polar surface area (TPSA) is 101 Å². The van der Waals surface area contributed by atoms with Crippen LogP contribution in [0, 0.1) is 0 Å². The monoisotopic (exact) mass is 323 g/mol. The van der Waals surface area contributed by atoms with E-state index in [0.717, 1.165) is 5.69 Å². The van der Waals surface area contributed by atoms with E-state index in [0.29, 0.717) is 12.2 Å². The predicted octanol–water partition coefficient (Wildman–Crippen LogP) is 0.818. The van der Waals surface area contributed by atoms with Crippen LogP contribution in [0.5, 0.6) is 0 Å². The van der Waals surface area contributed by atoms with Crippen molar-refractivity contribution in [2.75, 3.05) is 5.01 Å². The summed E-state index contributed by atoms with van der Waals surface area (Å²) < 4.78 is 0. The molecule has 7 heteroatoms. The van der Waals surface area contributed by atoms with Crippen molar-refractivity contribution in [3.63, 3.8) is 0 Å². The number of hydrogen-bond acceptors (Lipinski definition) is 5. The van der Waals surface area contributed by atoms with Crippen LogP contribution in [0.3, 0.4) is 0 Å². The fraction of sp³-hybridized carbons (Fsp3) is 0.176. The lowest BCUT2D eigenvalue weighted by atomic mass is 10.1. The van der Waals surface area contributed by atoms with Crippen LogP contribution in [0.4, 0.5) is 5.69 Å². The molecule has 0 unspecified atom stereocenters. The molecule has 0 radical (unpaired) electrons. The number of nitrogens with zero attached hydrogens (tertiary/aromatic N) is 3. The first-order valence-corrected chi connectivity index (χ1v) is 7.54. The minimum atomic E-state index is -0.664. The number of amides is 2. The van der Waals surface area contributed by atoms with Gasteiger partial charge in [0.25, 0.3) is 5.91 Å². The maximum absolute atomic E-state index is 12.3. The third-order valence-corrected chi connectivity index (χ3v) is 3.68. The number of hydrogen-bond donors (Lipinski definition) is 2. The van der Waals surface area contributed by atoms with Crippen LogP contribution in [0.2, 0.25) is 0 Å². The minimum absolute atomic E-state index is 0.179. The van der Waals surface area contributed by atoms with Gasteiger partial charge in [0, 0.05) is 12.6 Å². The fourth-order valence-corrected chi connectivity index (χ4v) is 2.46. The van der Waals surface area contributed by atoms with Gasteiger partial charge >= 0.3 is 0 Å². The van der Waals surface area contributed by atoms with Crippen LogP contribution < -0.4 is 16.1 Å². The van der Waals surface area contributed by atoms with Crippen LogP contribution in [-0.4, -0.2) is 28.6 Å². The van der Waals surface area contributed by atoms with Gasteiger partial charge in [-0.05, 0) is 24.3 Å². The summed E-state index contributed by atoms with van der Waals surface area (Å²) in [6, 6.07) is 14.0. The zero-order valence-electron chi connectivity index (χ0n) is 12.9. The molecule has 2 heterocycles. The second kappa shape index (κ2) is 6.91. The van der Waals surface area contributed by atoms with Crippen LogP contribution in [0.15, 0.2) is 59.8 Å². The van der Waals surface area contributed by atoms with E-state index in [1.54, 1.807) is 6.20 Å². The van der Waals surface area contributed by atoms with E-state index >= 15 is 0 Å². The third kappa shape index (κ3) is 3.40. The maximum atomic E-state index is 12.3. The Hall–Kier alpha value is -3.22. The third-order valence-electron chi connectivity index (χ3n) is 3.68. The number of pyridine rings is 1. The number of para-hydroxylation sites is 1. The second-order valence-corrected chi connectivity index (χ2v) is 5.35. The van der Waals surface area contributed by atoms with E-state index < -0.39 is 11.9 Å². The van der Waals surface area contributed by atoms with Gasteiger partial charge in [-0.3, -0.25) is 19.6 Å². The minimum Gasteiger partial charge on any atom is -0.368 e. The van der Waals surface area contributed by atoms with E-state index in [1.807, 2.05) is 48.5 Å². The van der Waals surface area contributed by atoms with Gasteiger partial charge in [0.05, 0.1) is 17.9 Å². The van der Waals surface area contributed by atoms with Gasteiger partial charge in [-0.2, -0.15) is 5.10 Å². The summed E-state index contributed by atoms with van der Waals surface area (Å²) in [5, 5.41) is 8.55. The molecule has 1 atom stereocenters. The molecule has 1 aliphatic heterocycles. The molecule has 1 aliphatic rings. The molecular formula is C17H17N5O2. The first-order valence-electron chi connectivity index (χ1n) is 7.54.